The lowest BCUT2D eigenvalue weighted by Crippen LogP contribution is -2.11. The van der Waals surface area contributed by atoms with Crippen LogP contribution in [0, 0.1) is 0 Å². The normalized spacial score (nSPS) is 10.6. The van der Waals surface area contributed by atoms with Crippen molar-refractivity contribution >= 4 is 43.2 Å². The molecule has 1 aromatic carbocycles. The van der Waals surface area contributed by atoms with E-state index in [0.29, 0.717) is 0 Å². The van der Waals surface area contributed by atoms with Gasteiger partial charge in [-0.1, -0.05) is 28.1 Å². The van der Waals surface area contributed by atoms with Gasteiger partial charge in [0, 0.05) is 32.3 Å². The molecular weight excluding hydrogens is 350 g/mol. The molecule has 1 N–H and O–H groups in total. The molecule has 0 bridgehead atoms. The maximum absolute atomic E-state index is 3.47. The molecule has 16 heavy (non-hydrogen) atoms. The quantitative estimate of drug-likeness (QED) is 0.842. The molecule has 0 saturated carbocycles. The highest BCUT2D eigenvalue weighted by molar-refractivity contribution is 9.10. The molecule has 0 radical (unpaired) electrons. The van der Waals surface area contributed by atoms with E-state index in [1.807, 2.05) is 6.07 Å². The molecule has 84 valence electrons. The summed E-state index contributed by atoms with van der Waals surface area (Å²) >= 11 is 8.69. The minimum atomic E-state index is 0.898. The van der Waals surface area contributed by atoms with Gasteiger partial charge in [0.25, 0.3) is 0 Å². The van der Waals surface area contributed by atoms with Gasteiger partial charge in [0.1, 0.15) is 0 Å². The van der Waals surface area contributed by atoms with E-state index in [4.69, 9.17) is 0 Å². The van der Waals surface area contributed by atoms with Crippen LogP contribution in [0.1, 0.15) is 10.4 Å². The molecule has 0 aliphatic heterocycles. The Labute approximate surface area is 116 Å². The Morgan fingerprint density at radius 2 is 1.94 bits per heavy atom. The standard InChI is InChI=1S/C12H11Br2NS/c13-10-3-1-2-9(4-10)6-15-7-12-5-11(14)8-16-12/h1-5,8,15H,6-7H2. The summed E-state index contributed by atoms with van der Waals surface area (Å²) in [5.74, 6) is 0. The van der Waals surface area contributed by atoms with Crippen LogP contribution in [-0.4, -0.2) is 0 Å². The lowest BCUT2D eigenvalue weighted by Gasteiger charge is -2.03. The van der Waals surface area contributed by atoms with Crippen LogP contribution in [0.4, 0.5) is 0 Å². The summed E-state index contributed by atoms with van der Waals surface area (Å²) in [6.45, 7) is 1.82. The predicted octanol–water partition coefficient (Wildman–Crippen LogP) is 4.56. The summed E-state index contributed by atoms with van der Waals surface area (Å²) in [7, 11) is 0. The van der Waals surface area contributed by atoms with Gasteiger partial charge < -0.3 is 5.32 Å². The van der Waals surface area contributed by atoms with E-state index in [2.05, 4.69) is 66.8 Å². The van der Waals surface area contributed by atoms with Crippen molar-refractivity contribution in [3.05, 3.63) is 55.1 Å². The van der Waals surface area contributed by atoms with E-state index in [9.17, 15) is 0 Å². The van der Waals surface area contributed by atoms with Gasteiger partial charge >= 0.3 is 0 Å². The summed E-state index contributed by atoms with van der Waals surface area (Å²) < 4.78 is 2.29. The Kier molecular flexibility index (Phi) is 4.58. The highest BCUT2D eigenvalue weighted by Gasteiger charge is 1.98. The first-order valence-corrected chi connectivity index (χ1v) is 7.39. The maximum atomic E-state index is 3.47. The summed E-state index contributed by atoms with van der Waals surface area (Å²) in [4.78, 5) is 1.35. The number of hydrogen-bond acceptors (Lipinski definition) is 2. The smallest absolute Gasteiger partial charge is 0.0303 e. The average molecular weight is 361 g/mol. The van der Waals surface area contributed by atoms with E-state index < -0.39 is 0 Å². The van der Waals surface area contributed by atoms with Crippen LogP contribution in [0.2, 0.25) is 0 Å². The zero-order valence-electron chi connectivity index (χ0n) is 8.54. The topological polar surface area (TPSA) is 12.0 Å². The number of halogens is 2. The van der Waals surface area contributed by atoms with Gasteiger partial charge in [-0.25, -0.2) is 0 Å². The summed E-state index contributed by atoms with van der Waals surface area (Å²) in [6, 6.07) is 10.5. The Morgan fingerprint density at radius 3 is 2.62 bits per heavy atom. The predicted molar refractivity (Wildman–Crippen MR) is 76.7 cm³/mol. The molecule has 1 heterocycles. The van der Waals surface area contributed by atoms with Crippen LogP contribution in [0.5, 0.6) is 0 Å². The summed E-state index contributed by atoms with van der Waals surface area (Å²) in [5.41, 5.74) is 1.30. The summed E-state index contributed by atoms with van der Waals surface area (Å²) in [5, 5.41) is 5.53. The zero-order chi connectivity index (χ0) is 11.4. The Morgan fingerprint density at radius 1 is 1.06 bits per heavy atom. The molecule has 4 heteroatoms. The van der Waals surface area contributed by atoms with Crippen LogP contribution in [0.15, 0.2) is 44.7 Å². The molecule has 0 aliphatic rings. The van der Waals surface area contributed by atoms with Crippen LogP contribution in [-0.2, 0) is 13.1 Å². The number of rotatable bonds is 4. The van der Waals surface area contributed by atoms with E-state index in [0.717, 1.165) is 22.0 Å². The van der Waals surface area contributed by atoms with E-state index in [-0.39, 0.29) is 0 Å². The third-order valence-corrected chi connectivity index (χ3v) is 4.33. The van der Waals surface area contributed by atoms with Crippen molar-refractivity contribution in [1.82, 2.24) is 5.32 Å². The third kappa shape index (κ3) is 3.70. The van der Waals surface area contributed by atoms with E-state index >= 15 is 0 Å². The second-order valence-electron chi connectivity index (χ2n) is 3.46. The highest BCUT2D eigenvalue weighted by atomic mass is 79.9. The molecule has 2 rings (SSSR count). The van der Waals surface area contributed by atoms with E-state index in [1.54, 1.807) is 11.3 Å². The SMILES string of the molecule is Brc1cccc(CNCc2cc(Br)cs2)c1. The largest absolute Gasteiger partial charge is 0.308 e. The summed E-state index contributed by atoms with van der Waals surface area (Å²) in [6.07, 6.45) is 0. The van der Waals surface area contributed by atoms with Gasteiger partial charge in [0.2, 0.25) is 0 Å². The second-order valence-corrected chi connectivity index (χ2v) is 6.29. The molecule has 1 aromatic heterocycles. The number of thiophene rings is 1. The van der Waals surface area contributed by atoms with Crippen molar-refractivity contribution in [2.24, 2.45) is 0 Å². The number of nitrogens with one attached hydrogen (secondary N) is 1. The molecule has 0 atom stereocenters. The van der Waals surface area contributed by atoms with Crippen molar-refractivity contribution in [1.29, 1.82) is 0 Å². The molecule has 0 saturated heterocycles. The first-order valence-electron chi connectivity index (χ1n) is 4.92. The fraction of sp³-hybridized carbons (Fsp3) is 0.167. The molecule has 0 fully saturated rings. The Balaban J connectivity index is 1.84. The molecule has 0 aliphatic carbocycles. The molecular formula is C12H11Br2NS. The number of hydrogen-bond donors (Lipinski definition) is 1. The molecule has 1 nitrogen and oxygen atoms in total. The maximum Gasteiger partial charge on any atom is 0.0303 e. The van der Waals surface area contributed by atoms with Gasteiger partial charge in [-0.3, -0.25) is 0 Å². The molecule has 2 aromatic rings. The molecule has 0 unspecified atom stereocenters. The van der Waals surface area contributed by atoms with Gasteiger partial charge in [0.05, 0.1) is 0 Å². The molecule has 0 amide bonds. The van der Waals surface area contributed by atoms with Crippen molar-refractivity contribution in [2.45, 2.75) is 13.1 Å². The van der Waals surface area contributed by atoms with Crippen LogP contribution >= 0.6 is 43.2 Å². The third-order valence-electron chi connectivity index (χ3n) is 2.14. The minimum absolute atomic E-state index is 0.898. The lowest BCUT2D eigenvalue weighted by molar-refractivity contribution is 0.700. The lowest BCUT2D eigenvalue weighted by atomic mass is 10.2. The highest BCUT2D eigenvalue weighted by Crippen LogP contribution is 2.19. The van der Waals surface area contributed by atoms with E-state index in [1.165, 1.54) is 10.4 Å². The minimum Gasteiger partial charge on any atom is -0.308 e. The monoisotopic (exact) mass is 359 g/mol. The second kappa shape index (κ2) is 5.96. The molecule has 0 spiro atoms. The van der Waals surface area contributed by atoms with Gasteiger partial charge in [0.15, 0.2) is 0 Å². The van der Waals surface area contributed by atoms with Crippen LogP contribution in [0.25, 0.3) is 0 Å². The van der Waals surface area contributed by atoms with Crippen LogP contribution < -0.4 is 5.32 Å². The van der Waals surface area contributed by atoms with Crippen molar-refractivity contribution in [3.63, 3.8) is 0 Å². The number of benzene rings is 1. The average Bonchev–Trinajstić information content (AvgIpc) is 2.64. The van der Waals surface area contributed by atoms with Gasteiger partial charge in [-0.15, -0.1) is 11.3 Å². The van der Waals surface area contributed by atoms with Gasteiger partial charge in [-0.05, 0) is 39.7 Å². The van der Waals surface area contributed by atoms with Crippen molar-refractivity contribution in [2.75, 3.05) is 0 Å². The Bertz CT molecular complexity index is 468. The first kappa shape index (κ1) is 12.3. The van der Waals surface area contributed by atoms with Gasteiger partial charge in [-0.2, -0.15) is 0 Å². The van der Waals surface area contributed by atoms with Crippen molar-refractivity contribution in [3.8, 4) is 0 Å². The fourth-order valence-corrected chi connectivity index (χ4v) is 3.29. The first-order chi connectivity index (χ1) is 7.74. The fourth-order valence-electron chi connectivity index (χ4n) is 1.42. The zero-order valence-corrected chi connectivity index (χ0v) is 12.5. The van der Waals surface area contributed by atoms with Crippen LogP contribution in [0.3, 0.4) is 0 Å². The Hall–Kier alpha value is -0.160. The van der Waals surface area contributed by atoms with Crippen molar-refractivity contribution < 1.29 is 0 Å².